The number of hydrogen-bond acceptors (Lipinski definition) is 7. The Kier molecular flexibility index (Phi) is 6.47. The first-order valence-electron chi connectivity index (χ1n) is 10.3. The highest BCUT2D eigenvalue weighted by Gasteiger charge is 2.32. The molecule has 2 saturated heterocycles. The average Bonchev–Trinajstić information content (AvgIpc) is 3.36. The Bertz CT molecular complexity index is 1090. The maximum Gasteiger partial charge on any atom is 0.323 e. The van der Waals surface area contributed by atoms with E-state index in [-0.39, 0.29) is 35.5 Å². The molecule has 12 heteroatoms. The lowest BCUT2D eigenvalue weighted by Crippen LogP contribution is -2.48. The maximum absolute atomic E-state index is 12.9. The van der Waals surface area contributed by atoms with Crippen molar-refractivity contribution in [1.29, 1.82) is 0 Å². The standard InChI is InChI=1S/C20H25N5O5S2/c1-13-10-24(11-14(2)30-13)32(28,29)17-5-3-15(4-6-17)22-18(26)9-16-12-31-20(23-16)25-8-7-21-19(25)27/h3-6,12-14H,7-11H2,1-2H3,(H,21,27)(H,22,26). The van der Waals surface area contributed by atoms with E-state index in [1.807, 2.05) is 13.8 Å². The molecule has 2 fully saturated rings. The number of urea groups is 1. The fraction of sp³-hybridized carbons (Fsp3) is 0.450. The average molecular weight is 480 g/mol. The van der Waals surface area contributed by atoms with Crippen LogP contribution >= 0.6 is 11.3 Å². The summed E-state index contributed by atoms with van der Waals surface area (Å²) in [6.07, 6.45) is -0.286. The van der Waals surface area contributed by atoms with E-state index < -0.39 is 10.0 Å². The highest BCUT2D eigenvalue weighted by molar-refractivity contribution is 7.89. The summed E-state index contributed by atoms with van der Waals surface area (Å²) in [6, 6.07) is 5.93. The lowest BCUT2D eigenvalue weighted by Gasteiger charge is -2.34. The second-order valence-electron chi connectivity index (χ2n) is 7.83. The summed E-state index contributed by atoms with van der Waals surface area (Å²) in [6.45, 7) is 5.43. The van der Waals surface area contributed by atoms with E-state index in [4.69, 9.17) is 4.74 Å². The fourth-order valence-corrected chi connectivity index (χ4v) is 6.15. The van der Waals surface area contributed by atoms with Crippen LogP contribution in [-0.4, -0.2) is 68.0 Å². The third kappa shape index (κ3) is 4.93. The van der Waals surface area contributed by atoms with Crippen molar-refractivity contribution in [2.24, 2.45) is 0 Å². The zero-order valence-electron chi connectivity index (χ0n) is 17.8. The second kappa shape index (κ2) is 9.14. The molecule has 3 heterocycles. The highest BCUT2D eigenvalue weighted by Crippen LogP contribution is 2.24. The van der Waals surface area contributed by atoms with Crippen molar-refractivity contribution in [2.45, 2.75) is 37.4 Å². The van der Waals surface area contributed by atoms with E-state index in [1.54, 1.807) is 22.4 Å². The van der Waals surface area contributed by atoms with E-state index in [0.29, 0.717) is 42.7 Å². The number of nitrogens with zero attached hydrogens (tertiary/aromatic N) is 3. The minimum absolute atomic E-state index is 0.0512. The highest BCUT2D eigenvalue weighted by atomic mass is 32.2. The quantitative estimate of drug-likeness (QED) is 0.650. The van der Waals surface area contributed by atoms with Gasteiger partial charge < -0.3 is 15.4 Å². The zero-order valence-corrected chi connectivity index (χ0v) is 19.4. The SMILES string of the molecule is CC1CN(S(=O)(=O)c2ccc(NC(=O)Cc3csc(N4CCNC4=O)n3)cc2)CC(C)O1. The van der Waals surface area contributed by atoms with Gasteiger partial charge in [0.25, 0.3) is 0 Å². The first-order valence-corrected chi connectivity index (χ1v) is 12.6. The zero-order chi connectivity index (χ0) is 22.9. The number of ether oxygens (including phenoxy) is 1. The molecule has 32 heavy (non-hydrogen) atoms. The summed E-state index contributed by atoms with van der Waals surface area (Å²) in [4.78, 5) is 30.2. The first kappa shape index (κ1) is 22.6. The Morgan fingerprint density at radius 1 is 1.25 bits per heavy atom. The molecule has 3 amide bonds. The van der Waals surface area contributed by atoms with Crippen LogP contribution in [0.1, 0.15) is 19.5 Å². The van der Waals surface area contributed by atoms with Crippen molar-refractivity contribution in [3.8, 4) is 0 Å². The van der Waals surface area contributed by atoms with Gasteiger partial charge in [0, 0.05) is 37.2 Å². The molecule has 2 unspecified atom stereocenters. The summed E-state index contributed by atoms with van der Waals surface area (Å²) in [5, 5.41) is 7.78. The van der Waals surface area contributed by atoms with Gasteiger partial charge in [0.2, 0.25) is 15.9 Å². The molecule has 1 aromatic carbocycles. The molecular formula is C20H25N5O5S2. The maximum atomic E-state index is 12.9. The molecule has 0 saturated carbocycles. The number of benzene rings is 1. The topological polar surface area (TPSA) is 121 Å². The number of aromatic nitrogens is 1. The predicted molar refractivity (Wildman–Crippen MR) is 120 cm³/mol. The summed E-state index contributed by atoms with van der Waals surface area (Å²) < 4.78 is 32.9. The van der Waals surface area contributed by atoms with Crippen LogP contribution in [0, 0.1) is 0 Å². The number of carbonyl (C=O) groups excluding carboxylic acids is 2. The van der Waals surface area contributed by atoms with Gasteiger partial charge in [-0.25, -0.2) is 18.2 Å². The van der Waals surface area contributed by atoms with Gasteiger partial charge in [0.05, 0.1) is 29.2 Å². The van der Waals surface area contributed by atoms with Gasteiger partial charge in [-0.05, 0) is 38.1 Å². The van der Waals surface area contributed by atoms with Gasteiger partial charge in [0.1, 0.15) is 0 Å². The Balaban J connectivity index is 1.37. The van der Waals surface area contributed by atoms with Crippen molar-refractivity contribution in [3.05, 3.63) is 35.3 Å². The lowest BCUT2D eigenvalue weighted by molar-refractivity contribution is -0.115. The molecule has 10 nitrogen and oxygen atoms in total. The monoisotopic (exact) mass is 479 g/mol. The normalized spacial score (nSPS) is 22.1. The van der Waals surface area contributed by atoms with Gasteiger partial charge in [0.15, 0.2) is 5.13 Å². The van der Waals surface area contributed by atoms with Crippen LogP contribution in [0.3, 0.4) is 0 Å². The van der Waals surface area contributed by atoms with E-state index in [1.165, 1.54) is 27.8 Å². The number of carbonyl (C=O) groups is 2. The fourth-order valence-electron chi connectivity index (χ4n) is 3.71. The molecule has 1 aromatic heterocycles. The Morgan fingerprint density at radius 3 is 2.56 bits per heavy atom. The Labute approximate surface area is 190 Å². The van der Waals surface area contributed by atoms with Crippen LogP contribution in [-0.2, 0) is 26.0 Å². The van der Waals surface area contributed by atoms with Crippen molar-refractivity contribution in [3.63, 3.8) is 0 Å². The third-order valence-corrected chi connectivity index (χ3v) is 7.89. The van der Waals surface area contributed by atoms with Crippen molar-refractivity contribution < 1.29 is 22.7 Å². The molecule has 172 valence electrons. The van der Waals surface area contributed by atoms with Crippen LogP contribution in [0.4, 0.5) is 15.6 Å². The number of thiazole rings is 1. The largest absolute Gasteiger partial charge is 0.373 e. The summed E-state index contributed by atoms with van der Waals surface area (Å²) in [7, 11) is -3.64. The van der Waals surface area contributed by atoms with Crippen LogP contribution in [0.2, 0.25) is 0 Å². The van der Waals surface area contributed by atoms with Crippen LogP contribution < -0.4 is 15.5 Å². The molecule has 2 aromatic rings. The van der Waals surface area contributed by atoms with Crippen LogP contribution in [0.5, 0.6) is 0 Å². The second-order valence-corrected chi connectivity index (χ2v) is 10.6. The minimum Gasteiger partial charge on any atom is -0.373 e. The molecule has 0 bridgehead atoms. The summed E-state index contributed by atoms with van der Waals surface area (Å²) >= 11 is 1.31. The predicted octanol–water partition coefficient (Wildman–Crippen LogP) is 1.65. The van der Waals surface area contributed by atoms with Gasteiger partial charge >= 0.3 is 6.03 Å². The number of nitrogens with one attached hydrogen (secondary N) is 2. The molecule has 0 radical (unpaired) electrons. The number of amides is 3. The summed E-state index contributed by atoms with van der Waals surface area (Å²) in [5.74, 6) is -0.279. The number of rotatable bonds is 6. The molecule has 2 aliphatic heterocycles. The molecule has 2 aliphatic rings. The lowest BCUT2D eigenvalue weighted by atomic mass is 10.3. The minimum atomic E-state index is -3.64. The molecule has 2 atom stereocenters. The van der Waals surface area contributed by atoms with Crippen LogP contribution in [0.15, 0.2) is 34.5 Å². The smallest absolute Gasteiger partial charge is 0.323 e. The molecule has 0 aliphatic carbocycles. The van der Waals surface area contributed by atoms with Crippen molar-refractivity contribution >= 4 is 44.1 Å². The number of hydrogen-bond donors (Lipinski definition) is 2. The molecular weight excluding hydrogens is 454 g/mol. The van der Waals surface area contributed by atoms with Crippen LogP contribution in [0.25, 0.3) is 0 Å². The van der Waals surface area contributed by atoms with Gasteiger partial charge in [-0.15, -0.1) is 11.3 Å². The van der Waals surface area contributed by atoms with E-state index in [2.05, 4.69) is 15.6 Å². The summed E-state index contributed by atoms with van der Waals surface area (Å²) in [5.41, 5.74) is 1.06. The molecule has 4 rings (SSSR count). The number of anilines is 2. The Morgan fingerprint density at radius 2 is 1.94 bits per heavy atom. The Hall–Kier alpha value is -2.54. The number of morpholine rings is 1. The van der Waals surface area contributed by atoms with E-state index >= 15 is 0 Å². The molecule has 0 spiro atoms. The number of sulfonamides is 1. The van der Waals surface area contributed by atoms with Crippen molar-refractivity contribution in [1.82, 2.24) is 14.6 Å². The van der Waals surface area contributed by atoms with Gasteiger partial charge in [-0.3, -0.25) is 9.69 Å². The van der Waals surface area contributed by atoms with Gasteiger partial charge in [-0.1, -0.05) is 0 Å². The molecule has 2 N–H and O–H groups in total. The van der Waals surface area contributed by atoms with E-state index in [9.17, 15) is 18.0 Å². The third-order valence-electron chi connectivity index (χ3n) is 5.13. The van der Waals surface area contributed by atoms with Gasteiger partial charge in [-0.2, -0.15) is 4.31 Å². The first-order chi connectivity index (χ1) is 15.2. The van der Waals surface area contributed by atoms with Crippen molar-refractivity contribution in [2.75, 3.05) is 36.4 Å². The van der Waals surface area contributed by atoms with E-state index in [0.717, 1.165) is 0 Å².